The topological polar surface area (TPSA) is 73.9 Å². The summed E-state index contributed by atoms with van der Waals surface area (Å²) < 4.78 is 0. The molecule has 1 amide bonds. The van der Waals surface area contributed by atoms with Gasteiger partial charge in [0.2, 0.25) is 5.91 Å². The van der Waals surface area contributed by atoms with Gasteiger partial charge in [0, 0.05) is 55.0 Å². The molecule has 0 saturated carbocycles. The van der Waals surface area contributed by atoms with Gasteiger partial charge in [-0.1, -0.05) is 12.1 Å². The van der Waals surface area contributed by atoms with Gasteiger partial charge in [-0.15, -0.1) is 0 Å². The molecule has 0 radical (unpaired) electrons. The average Bonchev–Trinajstić information content (AvgIpc) is 3.13. The van der Waals surface area contributed by atoms with Gasteiger partial charge < -0.3 is 15.2 Å². The smallest absolute Gasteiger partial charge is 0.223 e. The highest BCUT2D eigenvalue weighted by Crippen LogP contribution is 2.23. The number of carbonyl (C=O) groups excluding carboxylic acids is 1. The summed E-state index contributed by atoms with van der Waals surface area (Å²) in [6, 6.07) is 6.28. The zero-order valence-electron chi connectivity index (χ0n) is 15.6. The Morgan fingerprint density at radius 1 is 1.30 bits per heavy atom. The molecule has 0 bridgehead atoms. The first kappa shape index (κ1) is 17.5. The average molecular weight is 363 g/mol. The Morgan fingerprint density at radius 2 is 2.15 bits per heavy atom. The van der Waals surface area contributed by atoms with Gasteiger partial charge in [-0.3, -0.25) is 9.78 Å². The molecule has 3 aromatic rings. The SMILES string of the molecule is Cc1cccc2[nH]cc(CCNC(=O)C3CCN(c4cnccn4)CC3)c12. The molecule has 0 aliphatic carbocycles. The van der Waals surface area contributed by atoms with Gasteiger partial charge in [0.05, 0.1) is 6.20 Å². The van der Waals surface area contributed by atoms with E-state index in [1.165, 1.54) is 16.5 Å². The third-order valence-electron chi connectivity index (χ3n) is 5.43. The molecular formula is C21H25N5O. The number of rotatable bonds is 5. The first-order valence-electron chi connectivity index (χ1n) is 9.56. The Balaban J connectivity index is 1.28. The van der Waals surface area contributed by atoms with Gasteiger partial charge in [0.25, 0.3) is 0 Å². The van der Waals surface area contributed by atoms with E-state index in [1.54, 1.807) is 18.6 Å². The lowest BCUT2D eigenvalue weighted by atomic mass is 9.96. The monoisotopic (exact) mass is 363 g/mol. The maximum absolute atomic E-state index is 12.5. The Bertz CT molecular complexity index is 913. The Hall–Kier alpha value is -2.89. The number of aryl methyl sites for hydroxylation is 1. The maximum atomic E-state index is 12.5. The van der Waals surface area contributed by atoms with Crippen molar-refractivity contribution in [1.82, 2.24) is 20.3 Å². The molecule has 1 aliphatic rings. The van der Waals surface area contributed by atoms with Crippen LogP contribution in [0.5, 0.6) is 0 Å². The van der Waals surface area contributed by atoms with Crippen LogP contribution in [0.3, 0.4) is 0 Å². The number of H-pyrrole nitrogens is 1. The van der Waals surface area contributed by atoms with E-state index in [4.69, 9.17) is 0 Å². The lowest BCUT2D eigenvalue weighted by Crippen LogP contribution is -2.41. The minimum Gasteiger partial charge on any atom is -0.361 e. The standard InChI is InChI=1S/C21H25N5O/c1-15-3-2-4-18-20(15)17(13-25-18)5-8-24-21(27)16-6-11-26(12-7-16)19-14-22-9-10-23-19/h2-4,9-10,13-14,16,25H,5-8,11-12H2,1H3,(H,24,27). The summed E-state index contributed by atoms with van der Waals surface area (Å²) in [5.41, 5.74) is 3.69. The van der Waals surface area contributed by atoms with E-state index in [1.807, 2.05) is 0 Å². The van der Waals surface area contributed by atoms with Crippen molar-refractivity contribution in [1.29, 1.82) is 0 Å². The number of carbonyl (C=O) groups is 1. The largest absolute Gasteiger partial charge is 0.361 e. The van der Waals surface area contributed by atoms with Crippen molar-refractivity contribution in [3.63, 3.8) is 0 Å². The normalized spacial score (nSPS) is 15.2. The van der Waals surface area contributed by atoms with Crippen LogP contribution in [0.1, 0.15) is 24.0 Å². The summed E-state index contributed by atoms with van der Waals surface area (Å²) >= 11 is 0. The van der Waals surface area contributed by atoms with E-state index in [-0.39, 0.29) is 11.8 Å². The Morgan fingerprint density at radius 3 is 2.93 bits per heavy atom. The van der Waals surface area contributed by atoms with Crippen molar-refractivity contribution >= 4 is 22.6 Å². The number of piperidine rings is 1. The molecule has 1 aliphatic heterocycles. The number of nitrogens with zero attached hydrogens (tertiary/aromatic N) is 3. The molecule has 3 heterocycles. The molecule has 6 nitrogen and oxygen atoms in total. The van der Waals surface area contributed by atoms with Crippen LogP contribution in [0.15, 0.2) is 43.0 Å². The predicted molar refractivity (Wildman–Crippen MR) is 107 cm³/mol. The maximum Gasteiger partial charge on any atom is 0.223 e. The van der Waals surface area contributed by atoms with E-state index in [9.17, 15) is 4.79 Å². The highest BCUT2D eigenvalue weighted by molar-refractivity contribution is 5.86. The molecule has 0 spiro atoms. The number of hydrogen-bond acceptors (Lipinski definition) is 4. The van der Waals surface area contributed by atoms with Crippen molar-refractivity contribution in [3.8, 4) is 0 Å². The van der Waals surface area contributed by atoms with E-state index >= 15 is 0 Å². The van der Waals surface area contributed by atoms with Crippen LogP contribution in [0.25, 0.3) is 10.9 Å². The molecule has 2 N–H and O–H groups in total. The van der Waals surface area contributed by atoms with Crippen LogP contribution < -0.4 is 10.2 Å². The van der Waals surface area contributed by atoms with Crippen molar-refractivity contribution in [3.05, 3.63) is 54.1 Å². The Labute approximate surface area is 159 Å². The minimum absolute atomic E-state index is 0.0858. The number of hydrogen-bond donors (Lipinski definition) is 2. The molecule has 1 saturated heterocycles. The van der Waals surface area contributed by atoms with Gasteiger partial charge in [-0.2, -0.15) is 0 Å². The second-order valence-corrected chi connectivity index (χ2v) is 7.18. The van der Waals surface area contributed by atoms with Crippen LogP contribution in [0.2, 0.25) is 0 Å². The van der Waals surface area contributed by atoms with Crippen LogP contribution in [-0.2, 0) is 11.2 Å². The molecule has 0 unspecified atom stereocenters. The van der Waals surface area contributed by atoms with E-state index in [0.29, 0.717) is 6.54 Å². The van der Waals surface area contributed by atoms with Crippen LogP contribution in [-0.4, -0.2) is 40.5 Å². The first-order valence-corrected chi connectivity index (χ1v) is 9.56. The molecule has 140 valence electrons. The van der Waals surface area contributed by atoms with Crippen LogP contribution >= 0.6 is 0 Å². The molecule has 6 heteroatoms. The van der Waals surface area contributed by atoms with Crippen molar-refractivity contribution < 1.29 is 4.79 Å². The third kappa shape index (κ3) is 3.79. The summed E-state index contributed by atoms with van der Waals surface area (Å²) in [6.07, 6.45) is 9.78. The third-order valence-corrected chi connectivity index (χ3v) is 5.43. The highest BCUT2D eigenvalue weighted by Gasteiger charge is 2.25. The van der Waals surface area contributed by atoms with Crippen molar-refractivity contribution in [2.75, 3.05) is 24.5 Å². The number of benzene rings is 1. The molecule has 1 aromatic carbocycles. The molecule has 0 atom stereocenters. The van der Waals surface area contributed by atoms with Crippen molar-refractivity contribution in [2.24, 2.45) is 5.92 Å². The van der Waals surface area contributed by atoms with E-state index in [0.717, 1.165) is 43.7 Å². The lowest BCUT2D eigenvalue weighted by molar-refractivity contribution is -0.125. The first-order chi connectivity index (χ1) is 13.2. The zero-order chi connectivity index (χ0) is 18.6. The fraction of sp³-hybridized carbons (Fsp3) is 0.381. The Kier molecular flexibility index (Phi) is 5.05. The lowest BCUT2D eigenvalue weighted by Gasteiger charge is -2.31. The second-order valence-electron chi connectivity index (χ2n) is 7.18. The van der Waals surface area contributed by atoms with Gasteiger partial charge >= 0.3 is 0 Å². The predicted octanol–water partition coefficient (Wildman–Crippen LogP) is 2.84. The van der Waals surface area contributed by atoms with Crippen LogP contribution in [0, 0.1) is 12.8 Å². The molecule has 27 heavy (non-hydrogen) atoms. The number of fused-ring (bicyclic) bond motifs is 1. The fourth-order valence-corrected chi connectivity index (χ4v) is 3.94. The van der Waals surface area contributed by atoms with E-state index < -0.39 is 0 Å². The number of aromatic amines is 1. The molecule has 4 rings (SSSR count). The second kappa shape index (κ2) is 7.78. The molecule has 2 aromatic heterocycles. The number of amides is 1. The number of nitrogens with one attached hydrogen (secondary N) is 2. The van der Waals surface area contributed by atoms with Gasteiger partial charge in [0.15, 0.2) is 0 Å². The zero-order valence-corrected chi connectivity index (χ0v) is 15.6. The summed E-state index contributed by atoms with van der Waals surface area (Å²) in [5.74, 6) is 1.15. The summed E-state index contributed by atoms with van der Waals surface area (Å²) in [5, 5.41) is 4.41. The summed E-state index contributed by atoms with van der Waals surface area (Å²) in [6.45, 7) is 4.49. The minimum atomic E-state index is 0.0858. The van der Waals surface area contributed by atoms with Crippen molar-refractivity contribution in [2.45, 2.75) is 26.2 Å². The number of anilines is 1. The van der Waals surface area contributed by atoms with Gasteiger partial charge in [-0.05, 0) is 43.4 Å². The summed E-state index contributed by atoms with van der Waals surface area (Å²) in [7, 11) is 0. The quantitative estimate of drug-likeness (QED) is 0.731. The fourth-order valence-electron chi connectivity index (χ4n) is 3.94. The molecule has 1 fully saturated rings. The highest BCUT2D eigenvalue weighted by atomic mass is 16.1. The van der Waals surface area contributed by atoms with Gasteiger partial charge in [-0.25, -0.2) is 4.98 Å². The molecular weight excluding hydrogens is 338 g/mol. The number of aromatic nitrogens is 3. The summed E-state index contributed by atoms with van der Waals surface area (Å²) in [4.78, 5) is 26.5. The van der Waals surface area contributed by atoms with Crippen LogP contribution in [0.4, 0.5) is 5.82 Å². The van der Waals surface area contributed by atoms with E-state index in [2.05, 4.69) is 56.5 Å². The van der Waals surface area contributed by atoms with Gasteiger partial charge in [0.1, 0.15) is 5.82 Å².